The first-order valence-electron chi connectivity index (χ1n) is 9.59. The van der Waals surface area contributed by atoms with Crippen LogP contribution in [0.15, 0.2) is 42.6 Å². The van der Waals surface area contributed by atoms with Gasteiger partial charge in [0.2, 0.25) is 5.91 Å². The van der Waals surface area contributed by atoms with Crippen LogP contribution < -0.4 is 5.32 Å². The Labute approximate surface area is 159 Å². The van der Waals surface area contributed by atoms with Crippen LogP contribution in [0, 0.1) is 18.7 Å². The lowest BCUT2D eigenvalue weighted by atomic mass is 9.98. The van der Waals surface area contributed by atoms with Crippen LogP contribution in [0.1, 0.15) is 45.1 Å². The van der Waals surface area contributed by atoms with E-state index < -0.39 is 0 Å². The number of amides is 1. The molecule has 0 radical (unpaired) electrons. The average Bonchev–Trinajstić information content (AvgIpc) is 3.00. The predicted molar refractivity (Wildman–Crippen MR) is 107 cm³/mol. The van der Waals surface area contributed by atoms with E-state index in [2.05, 4.69) is 17.2 Å². The maximum atomic E-state index is 14.4. The van der Waals surface area contributed by atoms with Crippen LogP contribution in [0.3, 0.4) is 0 Å². The third kappa shape index (κ3) is 4.02. The van der Waals surface area contributed by atoms with Gasteiger partial charge in [-0.25, -0.2) is 9.37 Å². The normalized spacial score (nSPS) is 12.3. The molecule has 1 N–H and O–H groups in total. The van der Waals surface area contributed by atoms with Gasteiger partial charge in [0.25, 0.3) is 0 Å². The molecule has 0 fully saturated rings. The summed E-state index contributed by atoms with van der Waals surface area (Å²) in [6, 6.07) is 10.4. The van der Waals surface area contributed by atoms with Crippen molar-refractivity contribution in [1.82, 2.24) is 9.38 Å². The van der Waals surface area contributed by atoms with Crippen LogP contribution in [0.2, 0.25) is 0 Å². The minimum Gasteiger partial charge on any atom is -0.310 e. The van der Waals surface area contributed by atoms with Gasteiger partial charge in [-0.15, -0.1) is 0 Å². The van der Waals surface area contributed by atoms with Crippen LogP contribution in [0.4, 0.5) is 10.2 Å². The first-order valence-corrected chi connectivity index (χ1v) is 9.59. The van der Waals surface area contributed by atoms with Crippen molar-refractivity contribution >= 4 is 17.4 Å². The molecule has 1 amide bonds. The molecule has 4 nitrogen and oxygen atoms in total. The highest BCUT2D eigenvalue weighted by Crippen LogP contribution is 2.31. The van der Waals surface area contributed by atoms with E-state index in [1.54, 1.807) is 18.2 Å². The molecular formula is C22H26FN3O. The molecule has 27 heavy (non-hydrogen) atoms. The number of unbranched alkanes of at least 4 members (excludes halogenated alkanes) is 1. The van der Waals surface area contributed by atoms with E-state index in [0.717, 1.165) is 31.2 Å². The molecule has 3 rings (SSSR count). The fraction of sp³-hybridized carbons (Fsp3) is 0.364. The molecule has 1 aromatic carbocycles. The summed E-state index contributed by atoms with van der Waals surface area (Å²) in [6.45, 7) is 6.12. The standard InChI is InChI=1S/C22H26FN3O/c1-4-6-9-16(5-2)22(27)25-21-20(17-10-7-8-11-18(17)23)24-19-13-12-15(3)14-26(19)21/h7-8,10-14,16H,4-6,9H2,1-3H3,(H,25,27). The number of hydrogen-bond donors (Lipinski definition) is 1. The largest absolute Gasteiger partial charge is 0.310 e. The van der Waals surface area contributed by atoms with Gasteiger partial charge in [-0.2, -0.15) is 0 Å². The second kappa shape index (κ2) is 8.33. The number of fused-ring (bicyclic) bond motifs is 1. The van der Waals surface area contributed by atoms with Crippen molar-refractivity contribution in [3.05, 3.63) is 54.0 Å². The average molecular weight is 367 g/mol. The third-order valence-electron chi connectivity index (χ3n) is 4.91. The molecule has 0 spiro atoms. The number of halogens is 1. The molecular weight excluding hydrogens is 341 g/mol. The summed E-state index contributed by atoms with van der Waals surface area (Å²) in [5, 5.41) is 3.04. The predicted octanol–water partition coefficient (Wildman–Crippen LogP) is 5.60. The topological polar surface area (TPSA) is 46.4 Å². The fourth-order valence-electron chi connectivity index (χ4n) is 3.30. The number of carbonyl (C=O) groups excluding carboxylic acids is 1. The Kier molecular flexibility index (Phi) is 5.89. The van der Waals surface area contributed by atoms with Gasteiger partial charge in [0, 0.05) is 17.7 Å². The zero-order chi connectivity index (χ0) is 19.4. The van der Waals surface area contributed by atoms with E-state index >= 15 is 0 Å². The summed E-state index contributed by atoms with van der Waals surface area (Å²) in [5.74, 6) is 0.0746. The van der Waals surface area contributed by atoms with Crippen molar-refractivity contribution in [1.29, 1.82) is 0 Å². The van der Waals surface area contributed by atoms with Gasteiger partial charge in [-0.1, -0.05) is 44.9 Å². The van der Waals surface area contributed by atoms with Gasteiger partial charge in [0.15, 0.2) is 0 Å². The van der Waals surface area contributed by atoms with Crippen molar-refractivity contribution < 1.29 is 9.18 Å². The summed E-state index contributed by atoms with van der Waals surface area (Å²) in [5.41, 5.74) is 2.55. The summed E-state index contributed by atoms with van der Waals surface area (Å²) in [7, 11) is 0. The van der Waals surface area contributed by atoms with Crippen LogP contribution in [0.5, 0.6) is 0 Å². The van der Waals surface area contributed by atoms with Gasteiger partial charge in [-0.05, 0) is 43.5 Å². The van der Waals surface area contributed by atoms with E-state index in [1.165, 1.54) is 6.07 Å². The molecule has 1 atom stereocenters. The van der Waals surface area contributed by atoms with E-state index in [0.29, 0.717) is 22.7 Å². The van der Waals surface area contributed by atoms with Gasteiger partial charge in [-0.3, -0.25) is 9.20 Å². The number of hydrogen-bond acceptors (Lipinski definition) is 2. The molecule has 0 saturated carbocycles. The number of aryl methyl sites for hydroxylation is 1. The molecule has 2 aromatic heterocycles. The monoisotopic (exact) mass is 367 g/mol. The SMILES string of the molecule is CCCCC(CC)C(=O)Nc1c(-c2ccccc2F)nc2ccc(C)cn12. The summed E-state index contributed by atoms with van der Waals surface area (Å²) in [4.78, 5) is 17.5. The zero-order valence-corrected chi connectivity index (χ0v) is 16.1. The first-order chi connectivity index (χ1) is 13.0. The molecule has 2 heterocycles. The van der Waals surface area contributed by atoms with Gasteiger partial charge >= 0.3 is 0 Å². The highest BCUT2D eigenvalue weighted by molar-refractivity contribution is 5.96. The Morgan fingerprint density at radius 1 is 1.22 bits per heavy atom. The van der Waals surface area contributed by atoms with Crippen molar-refractivity contribution in [3.8, 4) is 11.3 Å². The lowest BCUT2D eigenvalue weighted by molar-refractivity contribution is -0.120. The Balaban J connectivity index is 2.07. The van der Waals surface area contributed by atoms with E-state index in [1.807, 2.05) is 36.6 Å². The first kappa shape index (κ1) is 19.1. The van der Waals surface area contributed by atoms with Crippen molar-refractivity contribution in [2.24, 2.45) is 5.92 Å². The molecule has 0 aliphatic carbocycles. The molecule has 1 unspecified atom stereocenters. The maximum absolute atomic E-state index is 14.4. The maximum Gasteiger partial charge on any atom is 0.228 e. The van der Waals surface area contributed by atoms with Crippen LogP contribution in [-0.2, 0) is 4.79 Å². The number of rotatable bonds is 7. The van der Waals surface area contributed by atoms with Gasteiger partial charge < -0.3 is 5.32 Å². The van der Waals surface area contributed by atoms with Gasteiger partial charge in [0.05, 0.1) is 0 Å². The smallest absolute Gasteiger partial charge is 0.228 e. The molecule has 0 aliphatic heterocycles. The number of carbonyl (C=O) groups is 1. The molecule has 5 heteroatoms. The minimum atomic E-state index is -0.355. The second-order valence-electron chi connectivity index (χ2n) is 6.96. The lowest BCUT2D eigenvalue weighted by Crippen LogP contribution is -2.23. The highest BCUT2D eigenvalue weighted by atomic mass is 19.1. The van der Waals surface area contributed by atoms with Crippen LogP contribution in [0.25, 0.3) is 16.9 Å². The molecule has 0 bridgehead atoms. The van der Waals surface area contributed by atoms with Crippen LogP contribution in [-0.4, -0.2) is 15.3 Å². The van der Waals surface area contributed by atoms with Crippen LogP contribution >= 0.6 is 0 Å². The Bertz CT molecular complexity index is 948. The summed E-state index contributed by atoms with van der Waals surface area (Å²) in [6.07, 6.45) is 5.60. The van der Waals surface area contributed by atoms with Gasteiger partial charge in [0.1, 0.15) is 23.0 Å². The number of aromatic nitrogens is 2. The number of nitrogens with one attached hydrogen (secondary N) is 1. The quantitative estimate of drug-likeness (QED) is 0.590. The number of anilines is 1. The van der Waals surface area contributed by atoms with Crippen molar-refractivity contribution in [3.63, 3.8) is 0 Å². The lowest BCUT2D eigenvalue weighted by Gasteiger charge is -2.15. The summed E-state index contributed by atoms with van der Waals surface area (Å²) < 4.78 is 16.3. The number of nitrogens with zero attached hydrogens (tertiary/aromatic N) is 2. The van der Waals surface area contributed by atoms with E-state index in [4.69, 9.17) is 0 Å². The molecule has 142 valence electrons. The molecule has 0 aliphatic rings. The second-order valence-corrected chi connectivity index (χ2v) is 6.96. The number of pyridine rings is 1. The van der Waals surface area contributed by atoms with E-state index in [-0.39, 0.29) is 17.6 Å². The van der Waals surface area contributed by atoms with Crippen molar-refractivity contribution in [2.45, 2.75) is 46.5 Å². The Morgan fingerprint density at radius 2 is 2.00 bits per heavy atom. The minimum absolute atomic E-state index is 0.0353. The number of imidazole rings is 1. The molecule has 3 aromatic rings. The Morgan fingerprint density at radius 3 is 2.70 bits per heavy atom. The van der Waals surface area contributed by atoms with E-state index in [9.17, 15) is 9.18 Å². The number of benzene rings is 1. The summed E-state index contributed by atoms with van der Waals surface area (Å²) >= 11 is 0. The zero-order valence-electron chi connectivity index (χ0n) is 16.1. The van der Waals surface area contributed by atoms with Crippen molar-refractivity contribution in [2.75, 3.05) is 5.32 Å². The molecule has 0 saturated heterocycles. The fourth-order valence-corrected chi connectivity index (χ4v) is 3.30. The Hall–Kier alpha value is -2.69. The third-order valence-corrected chi connectivity index (χ3v) is 4.91. The highest BCUT2D eigenvalue weighted by Gasteiger charge is 2.22.